The van der Waals surface area contributed by atoms with E-state index in [0.29, 0.717) is 12.6 Å². The first-order valence-corrected chi connectivity index (χ1v) is 8.06. The first-order valence-electron chi connectivity index (χ1n) is 8.06. The molecule has 1 saturated heterocycles. The van der Waals surface area contributed by atoms with Crippen LogP contribution in [0.4, 0.5) is 17.7 Å². The second-order valence-electron chi connectivity index (χ2n) is 5.43. The SMILES string of the molecule is COCCCNc1nncc(N2CCN(c3ncccn3)CC2)n1. The Morgan fingerprint density at radius 1 is 1.12 bits per heavy atom. The molecule has 0 saturated carbocycles. The molecular weight excluding hydrogens is 308 g/mol. The number of nitrogens with one attached hydrogen (secondary N) is 1. The van der Waals surface area contributed by atoms with E-state index in [9.17, 15) is 0 Å². The van der Waals surface area contributed by atoms with Gasteiger partial charge in [-0.15, -0.1) is 5.10 Å². The summed E-state index contributed by atoms with van der Waals surface area (Å²) in [6.07, 6.45) is 6.14. The summed E-state index contributed by atoms with van der Waals surface area (Å²) < 4.78 is 5.03. The lowest BCUT2D eigenvalue weighted by Crippen LogP contribution is -2.47. The van der Waals surface area contributed by atoms with Crippen LogP contribution in [0.25, 0.3) is 0 Å². The molecule has 1 fully saturated rings. The molecule has 3 heterocycles. The fraction of sp³-hybridized carbons (Fsp3) is 0.533. The molecule has 0 unspecified atom stereocenters. The minimum atomic E-state index is 0.553. The van der Waals surface area contributed by atoms with E-state index in [-0.39, 0.29) is 0 Å². The molecule has 128 valence electrons. The van der Waals surface area contributed by atoms with Crippen molar-refractivity contribution in [3.63, 3.8) is 0 Å². The molecule has 2 aromatic heterocycles. The van der Waals surface area contributed by atoms with E-state index in [0.717, 1.165) is 50.9 Å². The van der Waals surface area contributed by atoms with Crippen molar-refractivity contribution in [3.05, 3.63) is 24.7 Å². The molecule has 0 aromatic carbocycles. The first-order chi connectivity index (χ1) is 11.9. The maximum absolute atomic E-state index is 5.03. The molecule has 9 nitrogen and oxygen atoms in total. The summed E-state index contributed by atoms with van der Waals surface area (Å²) in [5, 5.41) is 11.2. The van der Waals surface area contributed by atoms with Gasteiger partial charge in [0.2, 0.25) is 11.9 Å². The van der Waals surface area contributed by atoms with Crippen LogP contribution >= 0.6 is 0 Å². The minimum absolute atomic E-state index is 0.553. The highest BCUT2D eigenvalue weighted by Crippen LogP contribution is 2.15. The quantitative estimate of drug-likeness (QED) is 0.726. The van der Waals surface area contributed by atoms with Gasteiger partial charge >= 0.3 is 0 Å². The Bertz CT molecular complexity index is 618. The van der Waals surface area contributed by atoms with Gasteiger partial charge in [0.1, 0.15) is 0 Å². The maximum atomic E-state index is 5.03. The summed E-state index contributed by atoms with van der Waals surface area (Å²) in [7, 11) is 1.69. The highest BCUT2D eigenvalue weighted by Gasteiger charge is 2.20. The summed E-state index contributed by atoms with van der Waals surface area (Å²) >= 11 is 0. The van der Waals surface area contributed by atoms with E-state index in [2.05, 4.69) is 40.3 Å². The molecule has 1 N–H and O–H groups in total. The van der Waals surface area contributed by atoms with Crippen LogP contribution in [0.15, 0.2) is 24.7 Å². The van der Waals surface area contributed by atoms with E-state index in [1.807, 2.05) is 6.07 Å². The fourth-order valence-corrected chi connectivity index (χ4v) is 2.53. The lowest BCUT2D eigenvalue weighted by Gasteiger charge is -2.35. The van der Waals surface area contributed by atoms with Crippen LogP contribution in [-0.4, -0.2) is 71.6 Å². The molecule has 9 heteroatoms. The number of ether oxygens (including phenoxy) is 1. The van der Waals surface area contributed by atoms with Crippen molar-refractivity contribution in [2.45, 2.75) is 6.42 Å². The van der Waals surface area contributed by atoms with E-state index in [1.54, 1.807) is 25.7 Å². The highest BCUT2D eigenvalue weighted by molar-refractivity contribution is 5.43. The zero-order valence-electron chi connectivity index (χ0n) is 13.8. The van der Waals surface area contributed by atoms with Gasteiger partial charge in [0.25, 0.3) is 0 Å². The average molecular weight is 330 g/mol. The second kappa shape index (κ2) is 8.34. The number of hydrogen-bond donors (Lipinski definition) is 1. The average Bonchev–Trinajstić information content (AvgIpc) is 2.66. The Morgan fingerprint density at radius 2 is 1.88 bits per heavy atom. The number of nitrogens with zero attached hydrogens (tertiary/aromatic N) is 7. The minimum Gasteiger partial charge on any atom is -0.385 e. The van der Waals surface area contributed by atoms with Gasteiger partial charge in [-0.05, 0) is 12.5 Å². The van der Waals surface area contributed by atoms with E-state index < -0.39 is 0 Å². The van der Waals surface area contributed by atoms with Gasteiger partial charge in [-0.25, -0.2) is 9.97 Å². The summed E-state index contributed by atoms with van der Waals surface area (Å²) in [5.74, 6) is 2.17. The number of piperazine rings is 1. The second-order valence-corrected chi connectivity index (χ2v) is 5.43. The third-order valence-corrected chi connectivity index (χ3v) is 3.79. The maximum Gasteiger partial charge on any atom is 0.244 e. The smallest absolute Gasteiger partial charge is 0.244 e. The summed E-state index contributed by atoms with van der Waals surface area (Å²) in [5.41, 5.74) is 0. The topological polar surface area (TPSA) is 92.2 Å². The van der Waals surface area contributed by atoms with Gasteiger partial charge in [0.15, 0.2) is 5.82 Å². The molecule has 1 aliphatic heterocycles. The van der Waals surface area contributed by atoms with Gasteiger partial charge in [-0.2, -0.15) is 10.1 Å². The molecule has 0 amide bonds. The highest BCUT2D eigenvalue weighted by atomic mass is 16.5. The Labute approximate surface area is 141 Å². The molecule has 24 heavy (non-hydrogen) atoms. The van der Waals surface area contributed by atoms with Crippen LogP contribution in [-0.2, 0) is 4.74 Å². The monoisotopic (exact) mass is 330 g/mol. The van der Waals surface area contributed by atoms with Crippen LogP contribution in [0.5, 0.6) is 0 Å². The fourth-order valence-electron chi connectivity index (χ4n) is 2.53. The van der Waals surface area contributed by atoms with Crippen molar-refractivity contribution < 1.29 is 4.74 Å². The summed E-state index contributed by atoms with van der Waals surface area (Å²) in [6.45, 7) is 4.87. The molecule has 0 atom stereocenters. The van der Waals surface area contributed by atoms with Crippen LogP contribution < -0.4 is 15.1 Å². The zero-order chi connectivity index (χ0) is 16.6. The van der Waals surface area contributed by atoms with Gasteiger partial charge in [-0.3, -0.25) is 0 Å². The van der Waals surface area contributed by atoms with Gasteiger partial charge in [0.05, 0.1) is 6.20 Å². The molecule has 1 aliphatic rings. The predicted octanol–water partition coefficient (Wildman–Crippen LogP) is 0.437. The molecule has 2 aromatic rings. The first kappa shape index (κ1) is 16.3. The molecular formula is C15H22N8O. The largest absolute Gasteiger partial charge is 0.385 e. The van der Waals surface area contributed by atoms with Crippen molar-refractivity contribution in [2.24, 2.45) is 0 Å². The number of methoxy groups -OCH3 is 1. The lowest BCUT2D eigenvalue weighted by atomic mass is 10.3. The summed E-state index contributed by atoms with van der Waals surface area (Å²) in [4.78, 5) is 17.5. The number of hydrogen-bond acceptors (Lipinski definition) is 9. The van der Waals surface area contributed by atoms with Crippen LogP contribution in [0.1, 0.15) is 6.42 Å². The Kier molecular flexibility index (Phi) is 5.67. The van der Waals surface area contributed by atoms with Crippen molar-refractivity contribution in [2.75, 3.05) is 61.6 Å². The molecule has 0 aliphatic carbocycles. The Hall–Kier alpha value is -2.55. The van der Waals surface area contributed by atoms with E-state index >= 15 is 0 Å². The normalized spacial score (nSPS) is 14.7. The zero-order valence-corrected chi connectivity index (χ0v) is 13.8. The Morgan fingerprint density at radius 3 is 2.62 bits per heavy atom. The van der Waals surface area contributed by atoms with Crippen molar-refractivity contribution in [1.29, 1.82) is 0 Å². The van der Waals surface area contributed by atoms with Crippen molar-refractivity contribution >= 4 is 17.7 Å². The number of aromatic nitrogens is 5. The standard InChI is InChI=1S/C15H22N8O/c1-24-11-3-6-16-14-20-13(12-19-21-14)22-7-9-23(10-8-22)15-17-4-2-5-18-15/h2,4-5,12H,3,6-11H2,1H3,(H,16,20,21). The van der Waals surface area contributed by atoms with Crippen molar-refractivity contribution in [3.8, 4) is 0 Å². The van der Waals surface area contributed by atoms with Gasteiger partial charge in [0, 0.05) is 58.8 Å². The van der Waals surface area contributed by atoms with Crippen molar-refractivity contribution in [1.82, 2.24) is 25.1 Å². The molecule has 0 bridgehead atoms. The summed E-state index contributed by atoms with van der Waals surface area (Å²) in [6, 6.07) is 1.83. The molecule has 3 rings (SSSR count). The molecule has 0 spiro atoms. The number of anilines is 3. The van der Waals surface area contributed by atoms with Crippen LogP contribution in [0, 0.1) is 0 Å². The number of rotatable bonds is 7. The van der Waals surface area contributed by atoms with E-state index in [1.165, 1.54) is 0 Å². The third kappa shape index (κ3) is 4.25. The van der Waals surface area contributed by atoms with Gasteiger partial charge < -0.3 is 19.9 Å². The van der Waals surface area contributed by atoms with Crippen LogP contribution in [0.3, 0.4) is 0 Å². The Balaban J connectivity index is 1.54. The predicted molar refractivity (Wildman–Crippen MR) is 91.3 cm³/mol. The third-order valence-electron chi connectivity index (χ3n) is 3.79. The molecule has 0 radical (unpaired) electrons. The van der Waals surface area contributed by atoms with Crippen LogP contribution in [0.2, 0.25) is 0 Å². The van der Waals surface area contributed by atoms with E-state index in [4.69, 9.17) is 4.74 Å². The lowest BCUT2D eigenvalue weighted by molar-refractivity contribution is 0.197. The van der Waals surface area contributed by atoms with Gasteiger partial charge in [-0.1, -0.05) is 0 Å².